The zero-order chi connectivity index (χ0) is 21.6. The van der Waals surface area contributed by atoms with Gasteiger partial charge in [0.15, 0.2) is 0 Å². The Morgan fingerprint density at radius 2 is 2.03 bits per heavy atom. The first-order valence-electron chi connectivity index (χ1n) is 10.2. The van der Waals surface area contributed by atoms with Crippen LogP contribution in [0.2, 0.25) is 0 Å². The van der Waals surface area contributed by atoms with Gasteiger partial charge < -0.3 is 15.1 Å². The summed E-state index contributed by atoms with van der Waals surface area (Å²) in [6.07, 6.45) is 1.48. The van der Waals surface area contributed by atoms with Gasteiger partial charge in [-0.05, 0) is 36.4 Å². The third-order valence-electron chi connectivity index (χ3n) is 5.25. The molecule has 0 radical (unpaired) electrons. The molecule has 4 rings (SSSR count). The molecule has 1 aromatic carbocycles. The van der Waals surface area contributed by atoms with E-state index in [9.17, 15) is 9.18 Å². The lowest BCUT2D eigenvalue weighted by Gasteiger charge is -2.35. The van der Waals surface area contributed by atoms with Gasteiger partial charge in [-0.15, -0.1) is 10.2 Å². The van der Waals surface area contributed by atoms with Gasteiger partial charge in [0, 0.05) is 38.9 Å². The van der Waals surface area contributed by atoms with Crippen LogP contribution in [0.4, 0.5) is 21.0 Å². The van der Waals surface area contributed by atoms with Crippen LogP contribution >= 0.6 is 11.3 Å². The number of hydrogen-bond donors (Lipinski definition) is 2. The molecule has 1 aliphatic rings. The molecule has 3 heterocycles. The smallest absolute Gasteiger partial charge is 0.259 e. The summed E-state index contributed by atoms with van der Waals surface area (Å²) in [5, 5.41) is 13.7. The molecular weight excluding hydrogens is 417 g/mol. The number of hydrogen-bond acceptors (Lipinski definition) is 8. The summed E-state index contributed by atoms with van der Waals surface area (Å²) in [6, 6.07) is 8.74. The lowest BCUT2D eigenvalue weighted by molar-refractivity contribution is 0.102. The highest BCUT2D eigenvalue weighted by Crippen LogP contribution is 2.22. The molecule has 1 fully saturated rings. The largest absolute Gasteiger partial charge is 0.367 e. The monoisotopic (exact) mass is 441 g/mol. The van der Waals surface area contributed by atoms with Gasteiger partial charge >= 0.3 is 0 Å². The number of likely N-dealkylation sites (N-methyl/N-ethyl adjacent to an activating group) is 1. The van der Waals surface area contributed by atoms with Crippen molar-refractivity contribution in [2.24, 2.45) is 0 Å². The zero-order valence-corrected chi connectivity index (χ0v) is 18.0. The highest BCUT2D eigenvalue weighted by atomic mass is 32.1. The summed E-state index contributed by atoms with van der Waals surface area (Å²) >= 11 is 1.24. The van der Waals surface area contributed by atoms with E-state index in [2.05, 4.69) is 42.5 Å². The molecular formula is C21H24FN7OS. The van der Waals surface area contributed by atoms with Crippen LogP contribution < -0.4 is 15.5 Å². The average Bonchev–Trinajstić information content (AvgIpc) is 3.31. The van der Waals surface area contributed by atoms with Crippen LogP contribution in [-0.2, 0) is 6.54 Å². The van der Waals surface area contributed by atoms with Gasteiger partial charge in [-0.1, -0.05) is 24.3 Å². The fourth-order valence-electron chi connectivity index (χ4n) is 3.44. The van der Waals surface area contributed by atoms with Gasteiger partial charge in [0.2, 0.25) is 5.13 Å². The van der Waals surface area contributed by atoms with E-state index < -0.39 is 0 Å². The maximum absolute atomic E-state index is 14.7. The van der Waals surface area contributed by atoms with Crippen molar-refractivity contribution in [1.82, 2.24) is 20.1 Å². The van der Waals surface area contributed by atoms with E-state index in [1.54, 1.807) is 23.7 Å². The van der Waals surface area contributed by atoms with E-state index in [4.69, 9.17) is 0 Å². The number of rotatable bonds is 7. The highest BCUT2D eigenvalue weighted by Gasteiger charge is 2.18. The standard InChI is InChI=1S/C21H24FN7OS/c1-2-28-7-9-29(10-8-28)18-5-3-15(11-17(18)22)12-23-19-6-4-16(13-24-19)20(30)26-21-27-25-14-31-21/h3-6,11,13-14H,2,7-10,12H2,1H3,(H,23,24)(H,26,27,30). The van der Waals surface area contributed by atoms with Crippen molar-refractivity contribution in [3.05, 3.63) is 59.0 Å². The fourth-order valence-corrected chi connectivity index (χ4v) is 3.88. The van der Waals surface area contributed by atoms with E-state index in [0.29, 0.717) is 28.7 Å². The molecule has 1 amide bonds. The van der Waals surface area contributed by atoms with Crippen molar-refractivity contribution in [3.63, 3.8) is 0 Å². The van der Waals surface area contributed by atoms with Gasteiger partial charge in [0.25, 0.3) is 5.91 Å². The number of nitrogens with one attached hydrogen (secondary N) is 2. The molecule has 162 valence electrons. The molecule has 0 saturated carbocycles. The van der Waals surface area contributed by atoms with Crippen LogP contribution in [0.5, 0.6) is 0 Å². The van der Waals surface area contributed by atoms with Crippen LogP contribution in [0, 0.1) is 5.82 Å². The van der Waals surface area contributed by atoms with Crippen LogP contribution in [0.3, 0.4) is 0 Å². The second kappa shape index (κ2) is 9.80. The van der Waals surface area contributed by atoms with Crippen molar-refractivity contribution >= 4 is 33.9 Å². The highest BCUT2D eigenvalue weighted by molar-refractivity contribution is 7.13. The zero-order valence-electron chi connectivity index (χ0n) is 17.2. The van der Waals surface area contributed by atoms with Crippen molar-refractivity contribution in [1.29, 1.82) is 0 Å². The SMILES string of the molecule is CCN1CCN(c2ccc(CNc3ccc(C(=O)Nc4nncs4)cn3)cc2F)CC1. The molecule has 2 aromatic heterocycles. The van der Waals surface area contributed by atoms with Gasteiger partial charge in [-0.25, -0.2) is 9.37 Å². The minimum absolute atomic E-state index is 0.207. The molecule has 1 aliphatic heterocycles. The van der Waals surface area contributed by atoms with Gasteiger partial charge in [-0.3, -0.25) is 10.1 Å². The summed E-state index contributed by atoms with van der Waals surface area (Å²) in [7, 11) is 0. The predicted octanol–water partition coefficient (Wildman–Crippen LogP) is 3.08. The number of carbonyl (C=O) groups excluding carboxylic acids is 1. The minimum atomic E-state index is -0.298. The summed E-state index contributed by atoms with van der Waals surface area (Å²) in [4.78, 5) is 20.9. The van der Waals surface area contributed by atoms with Crippen molar-refractivity contribution in [3.8, 4) is 0 Å². The molecule has 10 heteroatoms. The molecule has 3 aromatic rings. The number of carbonyl (C=O) groups is 1. The fraction of sp³-hybridized carbons (Fsp3) is 0.333. The van der Waals surface area contributed by atoms with Crippen molar-refractivity contribution in [2.75, 3.05) is 48.3 Å². The minimum Gasteiger partial charge on any atom is -0.367 e. The number of halogens is 1. The van der Waals surface area contributed by atoms with E-state index in [1.807, 2.05) is 12.1 Å². The quantitative estimate of drug-likeness (QED) is 0.583. The summed E-state index contributed by atoms with van der Waals surface area (Å²) in [5.41, 5.74) is 3.44. The van der Waals surface area contributed by atoms with Gasteiger partial charge in [-0.2, -0.15) is 0 Å². The van der Waals surface area contributed by atoms with E-state index in [-0.39, 0.29) is 11.7 Å². The van der Waals surface area contributed by atoms with Crippen molar-refractivity contribution < 1.29 is 9.18 Å². The maximum Gasteiger partial charge on any atom is 0.259 e. The van der Waals surface area contributed by atoms with E-state index in [0.717, 1.165) is 38.3 Å². The molecule has 1 saturated heterocycles. The topological polar surface area (TPSA) is 86.3 Å². The first-order valence-corrected chi connectivity index (χ1v) is 11.0. The van der Waals surface area contributed by atoms with Crippen LogP contribution in [-0.4, -0.2) is 58.7 Å². The van der Waals surface area contributed by atoms with Crippen LogP contribution in [0.1, 0.15) is 22.8 Å². The van der Waals surface area contributed by atoms with E-state index in [1.165, 1.54) is 17.5 Å². The Morgan fingerprint density at radius 1 is 1.19 bits per heavy atom. The molecule has 0 unspecified atom stereocenters. The Morgan fingerprint density at radius 3 is 2.68 bits per heavy atom. The Kier molecular flexibility index (Phi) is 6.68. The number of amides is 1. The molecule has 31 heavy (non-hydrogen) atoms. The van der Waals surface area contributed by atoms with E-state index >= 15 is 0 Å². The molecule has 0 aliphatic carbocycles. The lowest BCUT2D eigenvalue weighted by atomic mass is 10.1. The second-order valence-corrected chi connectivity index (χ2v) is 8.02. The summed E-state index contributed by atoms with van der Waals surface area (Å²) < 4.78 is 14.7. The average molecular weight is 442 g/mol. The molecule has 8 nitrogen and oxygen atoms in total. The van der Waals surface area contributed by atoms with Crippen molar-refractivity contribution in [2.45, 2.75) is 13.5 Å². The number of nitrogens with zero attached hydrogens (tertiary/aromatic N) is 5. The number of piperazine rings is 1. The summed E-state index contributed by atoms with van der Waals surface area (Å²) in [6.45, 7) is 7.21. The number of anilines is 3. The van der Waals surface area contributed by atoms with Crippen LogP contribution in [0.25, 0.3) is 0 Å². The first-order chi connectivity index (χ1) is 15.1. The number of pyridine rings is 1. The third kappa shape index (κ3) is 5.33. The molecule has 2 N–H and O–H groups in total. The third-order valence-corrected chi connectivity index (χ3v) is 5.86. The molecule has 0 atom stereocenters. The predicted molar refractivity (Wildman–Crippen MR) is 120 cm³/mol. The molecule has 0 bridgehead atoms. The van der Waals surface area contributed by atoms with Crippen LogP contribution in [0.15, 0.2) is 42.0 Å². The first kappa shape index (κ1) is 21.1. The maximum atomic E-state index is 14.7. The Bertz CT molecular complexity index is 1010. The lowest BCUT2D eigenvalue weighted by Crippen LogP contribution is -2.46. The summed E-state index contributed by atoms with van der Waals surface area (Å²) in [5.74, 6) is 0.0989. The Labute approximate surface area is 184 Å². The Hall–Kier alpha value is -3.11. The normalized spacial score (nSPS) is 14.5. The number of aromatic nitrogens is 3. The second-order valence-electron chi connectivity index (χ2n) is 7.19. The number of benzene rings is 1. The molecule has 0 spiro atoms. The van der Waals surface area contributed by atoms with Gasteiger partial charge in [0.1, 0.15) is 17.1 Å². The van der Waals surface area contributed by atoms with Gasteiger partial charge in [0.05, 0.1) is 11.3 Å². The Balaban J connectivity index is 1.32.